The molecule has 0 saturated carbocycles. The van der Waals surface area contributed by atoms with E-state index in [0.717, 1.165) is 18.3 Å². The van der Waals surface area contributed by atoms with Gasteiger partial charge in [0.1, 0.15) is 23.0 Å². The van der Waals surface area contributed by atoms with Crippen molar-refractivity contribution in [1.82, 2.24) is 9.71 Å². The van der Waals surface area contributed by atoms with E-state index in [-0.39, 0.29) is 24.5 Å². The number of carbonyl (C=O) groups is 2. The fourth-order valence-electron chi connectivity index (χ4n) is 2.79. The largest absolute Gasteiger partial charge is 0.437 e. The summed E-state index contributed by atoms with van der Waals surface area (Å²) in [4.78, 5) is 26.9. The maximum atomic E-state index is 13.2. The fraction of sp³-hybridized carbons (Fsp3) is 0.312. The summed E-state index contributed by atoms with van der Waals surface area (Å²) in [6.45, 7) is 2.40. The van der Waals surface area contributed by atoms with Crippen LogP contribution in [-0.2, 0) is 9.59 Å². The zero-order chi connectivity index (χ0) is 20.1. The summed E-state index contributed by atoms with van der Waals surface area (Å²) in [6, 6.07) is 1.78. The Morgan fingerprint density at radius 3 is 2.52 bits per heavy atom. The summed E-state index contributed by atoms with van der Waals surface area (Å²) in [7, 11) is -0.747. The third kappa shape index (κ3) is 5.12. The molecule has 1 saturated heterocycles. The number of amides is 1. The molecule has 1 amide bonds. The highest BCUT2D eigenvalue weighted by atomic mass is 35.5. The number of rotatable bonds is 6. The second-order valence-electron chi connectivity index (χ2n) is 5.98. The topological polar surface area (TPSA) is 96.7 Å². The Balaban J connectivity index is 2.24. The van der Waals surface area contributed by atoms with E-state index in [1.807, 2.05) is 0 Å². The molecular weight excluding hydrogens is 380 g/mol. The first-order valence-corrected chi connectivity index (χ1v) is 8.46. The third-order valence-corrected chi connectivity index (χ3v) is 4.49. The zero-order valence-corrected chi connectivity index (χ0v) is 15.2. The highest BCUT2D eigenvalue weighted by Gasteiger charge is 2.32. The zero-order valence-electron chi connectivity index (χ0n) is 14.5. The first-order valence-electron chi connectivity index (χ1n) is 8.08. The van der Waals surface area contributed by atoms with Crippen molar-refractivity contribution in [2.24, 2.45) is 0 Å². The minimum atomic E-state index is -0.872. The quantitative estimate of drug-likeness (QED) is 0.290. The SMILES string of the molecule is CB(O)N1CCN(C(C=N)=C(Cl)C(=O)Nc2cc(F)cc(F)c2)C(C=O)C1. The minimum Gasteiger partial charge on any atom is -0.437 e. The first-order chi connectivity index (χ1) is 12.8. The molecule has 3 N–H and O–H groups in total. The Bertz CT molecular complexity index is 758. The number of carbonyl (C=O) groups excluding carboxylic acids is 2. The van der Waals surface area contributed by atoms with Gasteiger partial charge in [-0.2, -0.15) is 0 Å². The molecule has 1 atom stereocenters. The molecule has 1 aliphatic rings. The fourth-order valence-corrected chi connectivity index (χ4v) is 3.00. The van der Waals surface area contributed by atoms with E-state index in [1.165, 1.54) is 4.90 Å². The van der Waals surface area contributed by atoms with E-state index in [2.05, 4.69) is 5.32 Å². The van der Waals surface area contributed by atoms with Crippen molar-refractivity contribution < 1.29 is 23.4 Å². The smallest absolute Gasteiger partial charge is 0.376 e. The number of hydrogen-bond donors (Lipinski definition) is 3. The van der Waals surface area contributed by atoms with Crippen molar-refractivity contribution in [3.8, 4) is 0 Å². The van der Waals surface area contributed by atoms with Gasteiger partial charge < -0.3 is 30.3 Å². The van der Waals surface area contributed by atoms with Gasteiger partial charge in [-0.05, 0) is 19.0 Å². The van der Waals surface area contributed by atoms with Crippen molar-refractivity contribution >= 4 is 42.7 Å². The average molecular weight is 399 g/mol. The molecule has 2 rings (SSSR count). The second-order valence-corrected chi connectivity index (χ2v) is 6.36. The molecule has 0 radical (unpaired) electrons. The van der Waals surface area contributed by atoms with Gasteiger partial charge in [0, 0.05) is 37.6 Å². The standard InChI is InChI=1S/C16H18BClF2N4O3/c1-17(27)23-2-3-24(13(8-23)9-25)14(7-21)15(18)16(26)22-12-5-10(19)4-11(20)6-12/h4-7,9,13,21,27H,2-3,8H2,1H3,(H,22,26). The molecule has 1 fully saturated rings. The van der Waals surface area contributed by atoms with Crippen LogP contribution in [0.3, 0.4) is 0 Å². The van der Waals surface area contributed by atoms with Crippen LogP contribution in [0.25, 0.3) is 0 Å². The van der Waals surface area contributed by atoms with Gasteiger partial charge in [-0.1, -0.05) is 11.6 Å². The number of halogens is 3. The maximum Gasteiger partial charge on any atom is 0.376 e. The number of anilines is 1. The summed E-state index contributed by atoms with van der Waals surface area (Å²) in [5, 5.41) is 19.1. The van der Waals surface area contributed by atoms with Crippen molar-refractivity contribution in [3.05, 3.63) is 40.6 Å². The number of nitrogens with one attached hydrogen (secondary N) is 2. The Morgan fingerprint density at radius 1 is 1.37 bits per heavy atom. The number of hydrogen-bond acceptors (Lipinski definition) is 6. The second kappa shape index (κ2) is 9.07. The number of aldehydes is 1. The Hall–Kier alpha value is -2.30. The van der Waals surface area contributed by atoms with Crippen molar-refractivity contribution in [1.29, 1.82) is 5.41 Å². The van der Waals surface area contributed by atoms with Crippen LogP contribution >= 0.6 is 11.6 Å². The molecular formula is C16H18BClF2N4O3. The normalized spacial score (nSPS) is 18.6. The lowest BCUT2D eigenvalue weighted by atomic mass is 9.83. The summed E-state index contributed by atoms with van der Waals surface area (Å²) < 4.78 is 26.5. The summed E-state index contributed by atoms with van der Waals surface area (Å²) in [5.41, 5.74) is -0.140. The van der Waals surface area contributed by atoms with E-state index < -0.39 is 35.7 Å². The number of allylic oxidation sites excluding steroid dienone is 1. The van der Waals surface area contributed by atoms with Crippen LogP contribution in [-0.4, -0.2) is 65.9 Å². The van der Waals surface area contributed by atoms with E-state index in [0.29, 0.717) is 18.9 Å². The molecule has 27 heavy (non-hydrogen) atoms. The number of nitrogens with zero attached hydrogens (tertiary/aromatic N) is 2. The lowest BCUT2D eigenvalue weighted by Gasteiger charge is -2.41. The van der Waals surface area contributed by atoms with Crippen LogP contribution in [0.2, 0.25) is 6.82 Å². The molecule has 0 spiro atoms. The van der Waals surface area contributed by atoms with Gasteiger partial charge in [0.2, 0.25) is 0 Å². The van der Waals surface area contributed by atoms with E-state index in [1.54, 1.807) is 11.6 Å². The van der Waals surface area contributed by atoms with Gasteiger partial charge >= 0.3 is 7.05 Å². The van der Waals surface area contributed by atoms with E-state index >= 15 is 0 Å². The van der Waals surface area contributed by atoms with Gasteiger partial charge in [-0.25, -0.2) is 8.78 Å². The molecule has 1 unspecified atom stereocenters. The number of benzene rings is 1. The molecule has 1 heterocycles. The third-order valence-electron chi connectivity index (χ3n) is 4.13. The average Bonchev–Trinajstić information content (AvgIpc) is 2.61. The molecule has 1 aromatic rings. The van der Waals surface area contributed by atoms with Crippen LogP contribution < -0.4 is 5.32 Å². The molecule has 0 aliphatic carbocycles. The summed E-state index contributed by atoms with van der Waals surface area (Å²) in [5.74, 6) is -2.61. The van der Waals surface area contributed by atoms with E-state index in [9.17, 15) is 23.4 Å². The Morgan fingerprint density at radius 2 is 2.00 bits per heavy atom. The van der Waals surface area contributed by atoms with Crippen LogP contribution in [0.15, 0.2) is 28.9 Å². The summed E-state index contributed by atoms with van der Waals surface area (Å²) >= 11 is 6.09. The van der Waals surface area contributed by atoms with Gasteiger partial charge in [-0.15, -0.1) is 0 Å². The molecule has 1 aliphatic heterocycles. The number of piperazine rings is 1. The highest BCUT2D eigenvalue weighted by Crippen LogP contribution is 2.21. The van der Waals surface area contributed by atoms with Crippen molar-refractivity contribution in [3.63, 3.8) is 0 Å². The Kier molecular flexibility index (Phi) is 7.06. The monoisotopic (exact) mass is 398 g/mol. The molecule has 11 heteroatoms. The van der Waals surface area contributed by atoms with E-state index in [4.69, 9.17) is 17.0 Å². The van der Waals surface area contributed by atoms with Crippen LogP contribution in [0.4, 0.5) is 14.5 Å². The summed E-state index contributed by atoms with van der Waals surface area (Å²) in [6.07, 6.45) is 1.48. The van der Waals surface area contributed by atoms with Gasteiger partial charge in [0.05, 0.1) is 11.7 Å². The molecule has 144 valence electrons. The van der Waals surface area contributed by atoms with Crippen molar-refractivity contribution in [2.75, 3.05) is 25.0 Å². The molecule has 1 aromatic carbocycles. The maximum absolute atomic E-state index is 13.2. The predicted molar refractivity (Wildman–Crippen MR) is 98.6 cm³/mol. The molecule has 0 bridgehead atoms. The Labute approximate surface area is 160 Å². The van der Waals surface area contributed by atoms with Crippen molar-refractivity contribution in [2.45, 2.75) is 12.9 Å². The van der Waals surface area contributed by atoms with Crippen LogP contribution in [0, 0.1) is 17.0 Å². The van der Waals surface area contributed by atoms with Gasteiger partial charge in [0.25, 0.3) is 5.91 Å². The first kappa shape index (κ1) is 21.0. The van der Waals surface area contributed by atoms with Crippen LogP contribution in [0.1, 0.15) is 0 Å². The van der Waals surface area contributed by atoms with Crippen LogP contribution in [0.5, 0.6) is 0 Å². The highest BCUT2D eigenvalue weighted by molar-refractivity contribution is 6.45. The molecule has 0 aromatic heterocycles. The minimum absolute atomic E-state index is 0.00613. The molecule has 7 nitrogen and oxygen atoms in total. The lowest BCUT2D eigenvalue weighted by Crippen LogP contribution is -2.57. The lowest BCUT2D eigenvalue weighted by molar-refractivity contribution is -0.114. The van der Waals surface area contributed by atoms with Gasteiger partial charge in [0.15, 0.2) is 0 Å². The predicted octanol–water partition coefficient (Wildman–Crippen LogP) is 1.30. The van der Waals surface area contributed by atoms with Gasteiger partial charge in [-0.3, -0.25) is 4.79 Å².